The standard InChI is InChI=1S/C30H54O12/c1-2-3-4-5-6-7-8-9-10-11-12-13-14-15-16-17-22(32)39-19-21-24(34)26(36)28(38)30(41-21)42-29-27(37)25(35)23(33)20(18-31)40-29/h9-10,20-21,23-31,33-38H,2-8,11-19H2,1H3/b10-9-/t20-,21?,23+,24+,25?,26-,27?,28?,29+,30+/m0/s1. The summed E-state index contributed by atoms with van der Waals surface area (Å²) in [6.45, 7) is 1.13. The second-order valence-corrected chi connectivity index (χ2v) is 11.4. The van der Waals surface area contributed by atoms with Crippen LogP contribution in [0.3, 0.4) is 0 Å². The Balaban J connectivity index is 1.61. The van der Waals surface area contributed by atoms with Crippen LogP contribution in [-0.2, 0) is 23.7 Å². The van der Waals surface area contributed by atoms with Gasteiger partial charge in [0.15, 0.2) is 12.6 Å². The average molecular weight is 607 g/mol. The van der Waals surface area contributed by atoms with Gasteiger partial charge in [0.05, 0.1) is 6.61 Å². The zero-order valence-electron chi connectivity index (χ0n) is 24.9. The van der Waals surface area contributed by atoms with Gasteiger partial charge in [-0.3, -0.25) is 4.79 Å². The Morgan fingerprint density at radius 3 is 1.67 bits per heavy atom. The van der Waals surface area contributed by atoms with E-state index in [2.05, 4.69) is 19.1 Å². The molecule has 2 heterocycles. The number of unbranched alkanes of at least 4 members (excludes halogenated alkanes) is 11. The Kier molecular flexibility index (Phi) is 18.2. The van der Waals surface area contributed by atoms with E-state index < -0.39 is 80.6 Å². The summed E-state index contributed by atoms with van der Waals surface area (Å²) in [4.78, 5) is 12.2. The third-order valence-corrected chi connectivity index (χ3v) is 7.84. The van der Waals surface area contributed by atoms with Crippen molar-refractivity contribution in [3.8, 4) is 0 Å². The molecule has 0 aliphatic carbocycles. The number of ether oxygens (including phenoxy) is 4. The maximum Gasteiger partial charge on any atom is 0.305 e. The summed E-state index contributed by atoms with van der Waals surface area (Å²) in [5.74, 6) is -0.490. The topological polar surface area (TPSA) is 196 Å². The maximum absolute atomic E-state index is 12.2. The molecular weight excluding hydrogens is 552 g/mol. The molecule has 2 aliphatic rings. The highest BCUT2D eigenvalue weighted by molar-refractivity contribution is 5.69. The molecule has 2 aliphatic heterocycles. The lowest BCUT2D eigenvalue weighted by Gasteiger charge is -2.44. The molecule has 0 aromatic rings. The monoisotopic (exact) mass is 606 g/mol. The van der Waals surface area contributed by atoms with Gasteiger partial charge in [-0.05, 0) is 32.1 Å². The van der Waals surface area contributed by atoms with Crippen molar-refractivity contribution in [2.45, 2.75) is 158 Å². The fourth-order valence-electron chi connectivity index (χ4n) is 5.07. The first-order valence-electron chi connectivity index (χ1n) is 15.7. The van der Waals surface area contributed by atoms with Gasteiger partial charge >= 0.3 is 5.97 Å². The molecule has 2 fully saturated rings. The summed E-state index contributed by atoms with van der Waals surface area (Å²) in [6, 6.07) is 0. The molecule has 0 saturated carbocycles. The Morgan fingerprint density at radius 1 is 0.643 bits per heavy atom. The summed E-state index contributed by atoms with van der Waals surface area (Å²) in [6.07, 6.45) is 3.66. The van der Waals surface area contributed by atoms with Crippen LogP contribution in [0.1, 0.15) is 96.8 Å². The van der Waals surface area contributed by atoms with E-state index in [1.54, 1.807) is 0 Å². The first kappa shape index (κ1) is 37.0. The number of carbonyl (C=O) groups is 1. The van der Waals surface area contributed by atoms with Crippen LogP contribution in [0.15, 0.2) is 12.2 Å². The summed E-state index contributed by atoms with van der Waals surface area (Å²) < 4.78 is 21.3. The van der Waals surface area contributed by atoms with Crippen molar-refractivity contribution in [1.29, 1.82) is 0 Å². The third-order valence-electron chi connectivity index (χ3n) is 7.84. The zero-order chi connectivity index (χ0) is 30.9. The zero-order valence-corrected chi connectivity index (χ0v) is 24.9. The van der Waals surface area contributed by atoms with Gasteiger partial charge in [0.25, 0.3) is 0 Å². The first-order valence-corrected chi connectivity index (χ1v) is 15.7. The largest absolute Gasteiger partial charge is 0.463 e. The molecule has 0 bridgehead atoms. The normalized spacial score (nSPS) is 33.7. The van der Waals surface area contributed by atoms with Crippen LogP contribution in [-0.4, -0.2) is 116 Å². The van der Waals surface area contributed by atoms with Gasteiger partial charge < -0.3 is 54.7 Å². The Hall–Kier alpha value is -1.19. The molecule has 42 heavy (non-hydrogen) atoms. The minimum Gasteiger partial charge on any atom is -0.463 e. The molecule has 4 unspecified atom stereocenters. The van der Waals surface area contributed by atoms with Crippen LogP contribution in [0.25, 0.3) is 0 Å². The van der Waals surface area contributed by atoms with E-state index in [1.165, 1.54) is 38.5 Å². The SMILES string of the molecule is CCCCCCCC/C=C\CCCCCCCC(=O)OCC1O[C@H](O[C@H]2O[C@@H](CO)[C@@H](O)C(O)C2O)C(O)[C@@H](O)[C@@H]1O. The van der Waals surface area contributed by atoms with Crippen molar-refractivity contribution in [2.24, 2.45) is 0 Å². The molecular formula is C30H54O12. The van der Waals surface area contributed by atoms with Crippen molar-refractivity contribution in [3.63, 3.8) is 0 Å². The molecule has 0 aromatic heterocycles. The number of aliphatic hydroxyl groups excluding tert-OH is 7. The lowest BCUT2D eigenvalue weighted by atomic mass is 9.98. The number of carbonyl (C=O) groups excluding carboxylic acids is 1. The molecule has 2 rings (SSSR count). The van der Waals surface area contributed by atoms with Crippen LogP contribution in [0.2, 0.25) is 0 Å². The van der Waals surface area contributed by atoms with E-state index in [4.69, 9.17) is 18.9 Å². The van der Waals surface area contributed by atoms with Gasteiger partial charge in [-0.2, -0.15) is 0 Å². The highest BCUT2D eigenvalue weighted by atomic mass is 16.8. The Bertz CT molecular complexity index is 750. The Labute approximate surface area is 249 Å². The molecule has 12 nitrogen and oxygen atoms in total. The van der Waals surface area contributed by atoms with Crippen molar-refractivity contribution in [2.75, 3.05) is 13.2 Å². The molecule has 0 aromatic carbocycles. The Morgan fingerprint density at radius 2 is 1.12 bits per heavy atom. The molecule has 246 valence electrons. The van der Waals surface area contributed by atoms with Crippen molar-refractivity contribution >= 4 is 5.97 Å². The van der Waals surface area contributed by atoms with E-state index >= 15 is 0 Å². The number of hydrogen-bond acceptors (Lipinski definition) is 12. The molecule has 2 saturated heterocycles. The van der Waals surface area contributed by atoms with Gasteiger partial charge in [-0.1, -0.05) is 70.4 Å². The van der Waals surface area contributed by atoms with E-state index in [9.17, 15) is 40.5 Å². The van der Waals surface area contributed by atoms with Crippen molar-refractivity contribution in [3.05, 3.63) is 12.2 Å². The number of rotatable bonds is 20. The van der Waals surface area contributed by atoms with Crippen LogP contribution in [0, 0.1) is 0 Å². The second-order valence-electron chi connectivity index (χ2n) is 11.4. The highest BCUT2D eigenvalue weighted by Gasteiger charge is 2.49. The van der Waals surface area contributed by atoms with Crippen LogP contribution in [0.4, 0.5) is 0 Å². The number of esters is 1. The summed E-state index contributed by atoms with van der Waals surface area (Å²) in [5.41, 5.74) is 0. The average Bonchev–Trinajstić information content (AvgIpc) is 2.98. The van der Waals surface area contributed by atoms with Gasteiger partial charge in [0.1, 0.15) is 55.4 Å². The van der Waals surface area contributed by atoms with Gasteiger partial charge in [-0.25, -0.2) is 0 Å². The fourth-order valence-corrected chi connectivity index (χ4v) is 5.07. The second kappa shape index (κ2) is 20.7. The van der Waals surface area contributed by atoms with Crippen molar-refractivity contribution in [1.82, 2.24) is 0 Å². The molecule has 0 amide bonds. The van der Waals surface area contributed by atoms with Gasteiger partial charge in [0.2, 0.25) is 0 Å². The first-order chi connectivity index (χ1) is 20.2. The number of allylic oxidation sites excluding steroid dienone is 2. The number of hydrogen-bond donors (Lipinski definition) is 7. The predicted octanol–water partition coefficient (Wildman–Crippen LogP) is 1.19. The maximum atomic E-state index is 12.2. The fraction of sp³-hybridized carbons (Fsp3) is 0.900. The minimum atomic E-state index is -1.77. The van der Waals surface area contributed by atoms with Crippen LogP contribution >= 0.6 is 0 Å². The molecule has 0 radical (unpaired) electrons. The molecule has 10 atom stereocenters. The van der Waals surface area contributed by atoms with E-state index in [-0.39, 0.29) is 6.42 Å². The van der Waals surface area contributed by atoms with Crippen LogP contribution < -0.4 is 0 Å². The molecule has 0 spiro atoms. The summed E-state index contributed by atoms with van der Waals surface area (Å²) >= 11 is 0. The summed E-state index contributed by atoms with van der Waals surface area (Å²) in [7, 11) is 0. The van der Waals surface area contributed by atoms with E-state index in [1.807, 2.05) is 0 Å². The summed E-state index contributed by atoms with van der Waals surface area (Å²) in [5, 5.41) is 70.2. The van der Waals surface area contributed by atoms with E-state index in [0.29, 0.717) is 6.42 Å². The van der Waals surface area contributed by atoms with E-state index in [0.717, 1.165) is 38.5 Å². The highest BCUT2D eigenvalue weighted by Crippen LogP contribution is 2.28. The molecule has 12 heteroatoms. The predicted molar refractivity (Wildman–Crippen MR) is 152 cm³/mol. The lowest BCUT2D eigenvalue weighted by Crippen LogP contribution is -2.63. The van der Waals surface area contributed by atoms with Gasteiger partial charge in [0, 0.05) is 6.42 Å². The quantitative estimate of drug-likeness (QED) is 0.0595. The van der Waals surface area contributed by atoms with Crippen LogP contribution in [0.5, 0.6) is 0 Å². The number of aliphatic hydroxyl groups is 7. The smallest absolute Gasteiger partial charge is 0.305 e. The van der Waals surface area contributed by atoms with Gasteiger partial charge in [-0.15, -0.1) is 0 Å². The minimum absolute atomic E-state index is 0.191. The third kappa shape index (κ3) is 12.4. The van der Waals surface area contributed by atoms with Crippen molar-refractivity contribution < 1.29 is 59.5 Å². The molecule has 7 N–H and O–H groups in total. The lowest BCUT2D eigenvalue weighted by molar-refractivity contribution is -0.376.